The van der Waals surface area contributed by atoms with Gasteiger partial charge in [0.25, 0.3) is 10.0 Å². The van der Waals surface area contributed by atoms with E-state index in [2.05, 4.69) is 9.97 Å². The third kappa shape index (κ3) is 5.13. The number of sulfonamides is 1. The maximum absolute atomic E-state index is 13.8. The molecule has 3 aromatic rings. The number of para-hydroxylation sites is 1. The van der Waals surface area contributed by atoms with E-state index in [1.54, 1.807) is 48.2 Å². The lowest BCUT2D eigenvalue weighted by Crippen LogP contribution is -2.38. The molecule has 0 unspecified atom stereocenters. The fraction of sp³-hybridized carbons (Fsp3) is 0.292. The zero-order chi connectivity index (χ0) is 25.7. The van der Waals surface area contributed by atoms with E-state index in [-0.39, 0.29) is 34.2 Å². The Balaban J connectivity index is 1.77. The standard InChI is InChI=1S/C24H25N5O6S/c1-2-35-23(30)18-13-15-27(16-14-18)24-25-17-21(29(31)32)22(26-24)28(19-9-5-3-6-10-19)36(33,34)20-11-7-4-8-12-20/h3-12,17-18H,2,13-16H2,1H3. The highest BCUT2D eigenvalue weighted by atomic mass is 32.2. The van der Waals surface area contributed by atoms with Gasteiger partial charge in [-0.3, -0.25) is 14.9 Å². The van der Waals surface area contributed by atoms with Gasteiger partial charge in [-0.1, -0.05) is 36.4 Å². The monoisotopic (exact) mass is 511 g/mol. The Morgan fingerprint density at radius 1 is 1.11 bits per heavy atom. The van der Waals surface area contributed by atoms with E-state index in [9.17, 15) is 23.3 Å². The number of hydrogen-bond acceptors (Lipinski definition) is 9. The Labute approximate surface area is 208 Å². The van der Waals surface area contributed by atoms with Crippen molar-refractivity contribution < 1.29 is 22.9 Å². The second kappa shape index (κ2) is 10.7. The first-order valence-corrected chi connectivity index (χ1v) is 12.9. The minimum atomic E-state index is -4.28. The quantitative estimate of drug-likeness (QED) is 0.252. The molecule has 0 aliphatic carbocycles. The van der Waals surface area contributed by atoms with Gasteiger partial charge < -0.3 is 9.64 Å². The normalized spacial score (nSPS) is 14.3. The molecule has 12 heteroatoms. The first kappa shape index (κ1) is 25.0. The Hall–Kier alpha value is -4.06. The maximum atomic E-state index is 13.8. The van der Waals surface area contributed by atoms with Crippen molar-refractivity contribution in [2.24, 2.45) is 5.92 Å². The molecule has 2 heterocycles. The molecule has 0 bridgehead atoms. The predicted molar refractivity (Wildman–Crippen MR) is 132 cm³/mol. The number of rotatable bonds is 8. The first-order valence-electron chi connectivity index (χ1n) is 11.4. The summed E-state index contributed by atoms with van der Waals surface area (Å²) in [4.78, 5) is 33.6. The Bertz CT molecular complexity index is 1330. The third-order valence-electron chi connectivity index (χ3n) is 5.80. The van der Waals surface area contributed by atoms with E-state index in [1.165, 1.54) is 24.3 Å². The second-order valence-corrected chi connectivity index (χ2v) is 9.85. The summed E-state index contributed by atoms with van der Waals surface area (Å²) in [5.41, 5.74) is -0.362. The molecule has 1 aromatic heterocycles. The van der Waals surface area contributed by atoms with Crippen LogP contribution in [0.15, 0.2) is 71.8 Å². The molecule has 0 spiro atoms. The number of ether oxygens (including phenoxy) is 1. The molecule has 0 N–H and O–H groups in total. The molecule has 1 fully saturated rings. The summed E-state index contributed by atoms with van der Waals surface area (Å²) in [5, 5.41) is 11.9. The lowest BCUT2D eigenvalue weighted by molar-refractivity contribution is -0.384. The maximum Gasteiger partial charge on any atom is 0.331 e. The summed E-state index contributed by atoms with van der Waals surface area (Å²) in [6, 6.07) is 15.7. The Kier molecular flexibility index (Phi) is 7.44. The topological polar surface area (TPSA) is 136 Å². The summed E-state index contributed by atoms with van der Waals surface area (Å²) in [5.74, 6) is -0.737. The highest BCUT2D eigenvalue weighted by Gasteiger charge is 2.35. The molecule has 11 nitrogen and oxygen atoms in total. The van der Waals surface area contributed by atoms with Gasteiger partial charge in [0.05, 0.1) is 28.0 Å². The number of piperidine rings is 1. The van der Waals surface area contributed by atoms with Crippen molar-refractivity contribution in [3.05, 3.63) is 77.0 Å². The van der Waals surface area contributed by atoms with Crippen LogP contribution in [-0.2, 0) is 19.6 Å². The Morgan fingerprint density at radius 3 is 2.31 bits per heavy atom. The summed E-state index contributed by atoms with van der Waals surface area (Å²) in [6.07, 6.45) is 2.02. The molecular formula is C24H25N5O6S. The van der Waals surface area contributed by atoms with Crippen LogP contribution in [-0.4, -0.2) is 49.0 Å². The molecule has 2 aromatic carbocycles. The Morgan fingerprint density at radius 2 is 1.72 bits per heavy atom. The zero-order valence-electron chi connectivity index (χ0n) is 19.6. The summed E-state index contributed by atoms with van der Waals surface area (Å²) in [7, 11) is -4.28. The van der Waals surface area contributed by atoms with Crippen LogP contribution in [0.1, 0.15) is 19.8 Å². The van der Waals surface area contributed by atoms with Crippen LogP contribution in [0.4, 0.5) is 23.1 Å². The number of hydrogen-bond donors (Lipinski definition) is 0. The van der Waals surface area contributed by atoms with Crippen LogP contribution in [0, 0.1) is 16.0 Å². The number of anilines is 3. The molecule has 0 radical (unpaired) electrons. The smallest absolute Gasteiger partial charge is 0.331 e. The number of nitro groups is 1. The highest BCUT2D eigenvalue weighted by molar-refractivity contribution is 7.93. The molecule has 4 rings (SSSR count). The number of benzene rings is 2. The van der Waals surface area contributed by atoms with E-state index in [4.69, 9.17) is 4.74 Å². The lowest BCUT2D eigenvalue weighted by atomic mass is 9.97. The number of aromatic nitrogens is 2. The fourth-order valence-corrected chi connectivity index (χ4v) is 5.47. The number of esters is 1. The second-order valence-electron chi connectivity index (χ2n) is 8.07. The van der Waals surface area contributed by atoms with E-state index in [0.29, 0.717) is 32.5 Å². The minimum Gasteiger partial charge on any atom is -0.466 e. The molecular weight excluding hydrogens is 486 g/mol. The lowest BCUT2D eigenvalue weighted by Gasteiger charge is -2.31. The van der Waals surface area contributed by atoms with E-state index < -0.39 is 20.6 Å². The van der Waals surface area contributed by atoms with Gasteiger partial charge in [0.15, 0.2) is 0 Å². The van der Waals surface area contributed by atoms with Gasteiger partial charge in [0, 0.05) is 13.1 Å². The van der Waals surface area contributed by atoms with Crippen molar-refractivity contribution in [3.8, 4) is 0 Å². The third-order valence-corrected chi connectivity index (χ3v) is 7.53. The van der Waals surface area contributed by atoms with Gasteiger partial charge in [-0.25, -0.2) is 17.7 Å². The summed E-state index contributed by atoms with van der Waals surface area (Å²) in [6.45, 7) is 2.88. The van der Waals surface area contributed by atoms with E-state index in [0.717, 1.165) is 10.5 Å². The van der Waals surface area contributed by atoms with Crippen molar-refractivity contribution in [1.29, 1.82) is 0 Å². The van der Waals surface area contributed by atoms with Crippen molar-refractivity contribution >= 4 is 39.1 Å². The van der Waals surface area contributed by atoms with Crippen LogP contribution in [0.5, 0.6) is 0 Å². The average molecular weight is 512 g/mol. The van der Waals surface area contributed by atoms with Crippen LogP contribution >= 0.6 is 0 Å². The van der Waals surface area contributed by atoms with Crippen molar-refractivity contribution in [2.45, 2.75) is 24.7 Å². The van der Waals surface area contributed by atoms with Gasteiger partial charge in [-0.2, -0.15) is 4.98 Å². The predicted octanol–water partition coefficient (Wildman–Crippen LogP) is 3.69. The number of carbonyl (C=O) groups is 1. The van der Waals surface area contributed by atoms with E-state index >= 15 is 0 Å². The van der Waals surface area contributed by atoms with Gasteiger partial charge in [0.2, 0.25) is 11.8 Å². The fourth-order valence-electron chi connectivity index (χ4n) is 4.00. The first-order chi connectivity index (χ1) is 17.3. The summed E-state index contributed by atoms with van der Waals surface area (Å²) >= 11 is 0. The van der Waals surface area contributed by atoms with Crippen LogP contribution in [0.2, 0.25) is 0 Å². The summed E-state index contributed by atoms with van der Waals surface area (Å²) < 4.78 is 33.5. The van der Waals surface area contributed by atoms with Crippen molar-refractivity contribution in [2.75, 3.05) is 28.9 Å². The van der Waals surface area contributed by atoms with Crippen molar-refractivity contribution in [1.82, 2.24) is 9.97 Å². The molecule has 0 atom stereocenters. The minimum absolute atomic E-state index is 0.0430. The van der Waals surface area contributed by atoms with Crippen molar-refractivity contribution in [3.63, 3.8) is 0 Å². The van der Waals surface area contributed by atoms with Gasteiger partial charge in [-0.05, 0) is 44.0 Å². The molecule has 36 heavy (non-hydrogen) atoms. The number of nitrogens with zero attached hydrogens (tertiary/aromatic N) is 5. The van der Waals surface area contributed by atoms with Gasteiger partial charge >= 0.3 is 11.7 Å². The van der Waals surface area contributed by atoms with Gasteiger partial charge in [-0.15, -0.1) is 0 Å². The molecule has 1 aliphatic rings. The molecule has 0 amide bonds. The molecule has 1 aliphatic heterocycles. The SMILES string of the molecule is CCOC(=O)C1CCN(c2ncc([N+](=O)[O-])c(N(c3ccccc3)S(=O)(=O)c3ccccc3)n2)CC1. The zero-order valence-corrected chi connectivity index (χ0v) is 20.4. The van der Waals surface area contributed by atoms with Gasteiger partial charge in [0.1, 0.15) is 6.20 Å². The largest absolute Gasteiger partial charge is 0.466 e. The van der Waals surface area contributed by atoms with Crippen LogP contribution in [0.3, 0.4) is 0 Å². The van der Waals surface area contributed by atoms with Crippen LogP contribution in [0.25, 0.3) is 0 Å². The number of carbonyl (C=O) groups excluding carboxylic acids is 1. The molecule has 188 valence electrons. The average Bonchev–Trinajstić information content (AvgIpc) is 2.90. The van der Waals surface area contributed by atoms with Crippen LogP contribution < -0.4 is 9.21 Å². The van der Waals surface area contributed by atoms with E-state index in [1.807, 2.05) is 0 Å². The highest BCUT2D eigenvalue weighted by Crippen LogP contribution is 2.37. The molecule has 1 saturated heterocycles. The molecule has 0 saturated carbocycles.